The van der Waals surface area contributed by atoms with Crippen molar-refractivity contribution in [2.45, 2.75) is 26.3 Å². The fourth-order valence-electron chi connectivity index (χ4n) is 5.22. The van der Waals surface area contributed by atoms with Gasteiger partial charge in [0.2, 0.25) is 0 Å². The van der Waals surface area contributed by atoms with E-state index in [0.29, 0.717) is 60.9 Å². The van der Waals surface area contributed by atoms with Gasteiger partial charge < -0.3 is 24.1 Å². The summed E-state index contributed by atoms with van der Waals surface area (Å²) in [5.41, 5.74) is 2.69. The molecule has 1 amide bonds. The zero-order valence-corrected chi connectivity index (χ0v) is 23.7. The standard InChI is InChI=1S/C30H36N6O5/c1-20-6-4-12-36-27(20)33-28-23(30(36)38)19-22(26(31)35(28)13-5-11-34-14-16-41-17-15-34)29(37)32-10-9-21-7-8-24(39-2)25(18-21)40-3/h4,6-8,12,18-19,31H,5,9-11,13-17H2,1-3H3,(H,32,37). The van der Waals surface area contributed by atoms with E-state index in [0.717, 1.165) is 37.2 Å². The molecule has 1 saturated heterocycles. The van der Waals surface area contributed by atoms with Crippen LogP contribution in [0.5, 0.6) is 11.5 Å². The summed E-state index contributed by atoms with van der Waals surface area (Å²) in [6.45, 7) is 6.68. The maximum Gasteiger partial charge on any atom is 0.267 e. The molecule has 1 aliphatic heterocycles. The van der Waals surface area contributed by atoms with Crippen molar-refractivity contribution in [3.63, 3.8) is 0 Å². The number of amides is 1. The topological polar surface area (TPSA) is 123 Å². The van der Waals surface area contributed by atoms with Crippen LogP contribution in [0.4, 0.5) is 0 Å². The molecule has 0 aliphatic carbocycles. The summed E-state index contributed by atoms with van der Waals surface area (Å²) < 4.78 is 19.3. The lowest BCUT2D eigenvalue weighted by atomic mass is 10.1. The zero-order valence-electron chi connectivity index (χ0n) is 23.7. The molecule has 3 aromatic heterocycles. The first kappa shape index (κ1) is 28.3. The van der Waals surface area contributed by atoms with Gasteiger partial charge in [-0.05, 0) is 55.2 Å². The highest BCUT2D eigenvalue weighted by atomic mass is 16.5. The van der Waals surface area contributed by atoms with Crippen molar-refractivity contribution in [3.8, 4) is 11.5 Å². The third-order valence-corrected chi connectivity index (χ3v) is 7.49. The Labute approximate surface area is 237 Å². The van der Waals surface area contributed by atoms with Crippen LogP contribution in [0, 0.1) is 12.3 Å². The van der Waals surface area contributed by atoms with E-state index in [1.165, 1.54) is 10.5 Å². The predicted molar refractivity (Wildman–Crippen MR) is 155 cm³/mol. The smallest absolute Gasteiger partial charge is 0.267 e. The van der Waals surface area contributed by atoms with Crippen molar-refractivity contribution in [2.24, 2.45) is 0 Å². The van der Waals surface area contributed by atoms with E-state index in [1.54, 1.807) is 31.0 Å². The van der Waals surface area contributed by atoms with E-state index in [1.807, 2.05) is 31.2 Å². The van der Waals surface area contributed by atoms with E-state index in [-0.39, 0.29) is 16.6 Å². The largest absolute Gasteiger partial charge is 0.493 e. The van der Waals surface area contributed by atoms with E-state index in [4.69, 9.17) is 24.6 Å². The number of aromatic nitrogens is 3. The first-order valence-electron chi connectivity index (χ1n) is 13.8. The summed E-state index contributed by atoms with van der Waals surface area (Å²) in [6.07, 6.45) is 2.98. The van der Waals surface area contributed by atoms with E-state index in [2.05, 4.69) is 10.2 Å². The molecule has 41 heavy (non-hydrogen) atoms. The number of carbonyl (C=O) groups is 1. The molecule has 0 bridgehead atoms. The predicted octanol–water partition coefficient (Wildman–Crippen LogP) is 2.15. The van der Waals surface area contributed by atoms with Gasteiger partial charge >= 0.3 is 0 Å². The lowest BCUT2D eigenvalue weighted by Crippen LogP contribution is -2.38. The minimum Gasteiger partial charge on any atom is -0.493 e. The summed E-state index contributed by atoms with van der Waals surface area (Å²) in [6, 6.07) is 10.8. The number of nitrogens with zero attached hydrogens (tertiary/aromatic N) is 4. The van der Waals surface area contributed by atoms with E-state index >= 15 is 0 Å². The Bertz CT molecular complexity index is 1690. The second kappa shape index (κ2) is 12.5. The van der Waals surface area contributed by atoms with Gasteiger partial charge in [-0.25, -0.2) is 4.98 Å². The minimum absolute atomic E-state index is 0.0351. The number of pyridine rings is 2. The Kier molecular flexibility index (Phi) is 8.65. The van der Waals surface area contributed by atoms with Crippen LogP contribution in [-0.2, 0) is 17.7 Å². The van der Waals surface area contributed by atoms with Gasteiger partial charge in [0.25, 0.3) is 11.5 Å². The molecule has 11 nitrogen and oxygen atoms in total. The Morgan fingerprint density at radius 1 is 1.07 bits per heavy atom. The van der Waals surface area contributed by atoms with Gasteiger partial charge in [-0.3, -0.25) is 24.3 Å². The highest BCUT2D eigenvalue weighted by Crippen LogP contribution is 2.27. The Hall–Kier alpha value is -4.22. The molecule has 0 saturated carbocycles. The summed E-state index contributed by atoms with van der Waals surface area (Å²) in [7, 11) is 3.16. The number of benzene rings is 1. The third-order valence-electron chi connectivity index (χ3n) is 7.49. The molecule has 1 aromatic carbocycles. The van der Waals surface area contributed by atoms with Crippen LogP contribution in [0.3, 0.4) is 0 Å². The van der Waals surface area contributed by atoms with Crippen molar-refractivity contribution in [1.82, 2.24) is 24.2 Å². The molecule has 5 rings (SSSR count). The lowest BCUT2D eigenvalue weighted by molar-refractivity contribution is 0.0369. The van der Waals surface area contributed by atoms with Crippen LogP contribution >= 0.6 is 0 Å². The Morgan fingerprint density at radius 2 is 1.85 bits per heavy atom. The number of hydrogen-bond acceptors (Lipinski definition) is 8. The van der Waals surface area contributed by atoms with Crippen molar-refractivity contribution >= 4 is 22.6 Å². The summed E-state index contributed by atoms with van der Waals surface area (Å²) in [4.78, 5) is 34.1. The number of ether oxygens (including phenoxy) is 3. The number of methoxy groups -OCH3 is 2. The van der Waals surface area contributed by atoms with Crippen LogP contribution in [0.25, 0.3) is 16.7 Å². The van der Waals surface area contributed by atoms with Crippen LogP contribution in [-0.4, -0.2) is 78.4 Å². The third kappa shape index (κ3) is 5.96. The van der Waals surface area contributed by atoms with E-state index < -0.39 is 5.91 Å². The van der Waals surface area contributed by atoms with E-state index in [9.17, 15) is 9.59 Å². The molecule has 1 aliphatic rings. The van der Waals surface area contributed by atoms with Crippen molar-refractivity contribution in [3.05, 3.63) is 75.1 Å². The molecule has 0 unspecified atom stereocenters. The monoisotopic (exact) mass is 560 g/mol. The SMILES string of the molecule is COc1ccc(CCNC(=O)c2cc3c(=O)n4cccc(C)c4nc3n(CCCN3CCOCC3)c2=N)cc1OC. The molecule has 11 heteroatoms. The van der Waals surface area contributed by atoms with Gasteiger partial charge in [0.15, 0.2) is 11.5 Å². The molecule has 2 N–H and O–H groups in total. The average molecular weight is 561 g/mol. The number of morpholine rings is 1. The fourth-order valence-corrected chi connectivity index (χ4v) is 5.22. The molecule has 0 atom stereocenters. The normalized spacial score (nSPS) is 13.9. The number of nitrogens with one attached hydrogen (secondary N) is 2. The number of fused-ring (bicyclic) bond motifs is 2. The van der Waals surface area contributed by atoms with Gasteiger partial charge in [0, 0.05) is 38.9 Å². The first-order chi connectivity index (χ1) is 19.9. The Morgan fingerprint density at radius 3 is 2.61 bits per heavy atom. The molecular weight excluding hydrogens is 524 g/mol. The first-order valence-corrected chi connectivity index (χ1v) is 13.8. The number of aryl methyl sites for hydroxylation is 2. The number of carbonyl (C=O) groups excluding carboxylic acids is 1. The van der Waals surface area contributed by atoms with Crippen molar-refractivity contribution < 1.29 is 19.0 Å². The molecular formula is C30H36N6O5. The quantitative estimate of drug-likeness (QED) is 0.285. The molecule has 4 heterocycles. The van der Waals surface area contributed by atoms with Gasteiger partial charge in [-0.15, -0.1) is 0 Å². The highest BCUT2D eigenvalue weighted by Gasteiger charge is 2.19. The highest BCUT2D eigenvalue weighted by molar-refractivity contribution is 5.96. The number of rotatable bonds is 10. The van der Waals surface area contributed by atoms with Gasteiger partial charge in [0.05, 0.1) is 38.4 Å². The van der Waals surface area contributed by atoms with Gasteiger partial charge in [-0.2, -0.15) is 0 Å². The van der Waals surface area contributed by atoms with Crippen LogP contribution in [0.1, 0.15) is 27.9 Å². The second-order valence-corrected chi connectivity index (χ2v) is 10.1. The van der Waals surface area contributed by atoms with Gasteiger partial charge in [-0.1, -0.05) is 12.1 Å². The average Bonchev–Trinajstić information content (AvgIpc) is 2.99. The zero-order chi connectivity index (χ0) is 28.9. The maximum absolute atomic E-state index is 13.6. The summed E-state index contributed by atoms with van der Waals surface area (Å²) >= 11 is 0. The lowest BCUT2D eigenvalue weighted by Gasteiger charge is -2.26. The minimum atomic E-state index is -0.409. The fraction of sp³-hybridized carbons (Fsp3) is 0.400. The molecule has 0 spiro atoms. The Balaban J connectivity index is 1.44. The van der Waals surface area contributed by atoms with Crippen molar-refractivity contribution in [2.75, 3.05) is 53.6 Å². The van der Waals surface area contributed by atoms with Gasteiger partial charge in [0.1, 0.15) is 16.8 Å². The van der Waals surface area contributed by atoms with Crippen LogP contribution in [0.2, 0.25) is 0 Å². The van der Waals surface area contributed by atoms with Crippen LogP contribution < -0.4 is 25.8 Å². The maximum atomic E-state index is 13.6. The molecule has 216 valence electrons. The molecule has 1 fully saturated rings. The second-order valence-electron chi connectivity index (χ2n) is 10.1. The molecule has 0 radical (unpaired) electrons. The van der Waals surface area contributed by atoms with Crippen LogP contribution in [0.15, 0.2) is 47.4 Å². The molecule has 4 aromatic rings. The summed E-state index contributed by atoms with van der Waals surface area (Å²) in [5.74, 6) is 0.844. The number of hydrogen-bond donors (Lipinski definition) is 2. The van der Waals surface area contributed by atoms with Crippen molar-refractivity contribution in [1.29, 1.82) is 5.41 Å². The summed E-state index contributed by atoms with van der Waals surface area (Å²) in [5, 5.41) is 12.2.